The van der Waals surface area contributed by atoms with Gasteiger partial charge in [-0.25, -0.2) is 0 Å². The van der Waals surface area contributed by atoms with Gasteiger partial charge in [0, 0.05) is 13.1 Å². The number of hydrogen-bond donors (Lipinski definition) is 2. The van der Waals surface area contributed by atoms with E-state index in [1.165, 1.54) is 38.5 Å². The summed E-state index contributed by atoms with van der Waals surface area (Å²) in [6, 6.07) is 0. The van der Waals surface area contributed by atoms with Gasteiger partial charge in [-0.1, -0.05) is 46.5 Å². The fourth-order valence-corrected chi connectivity index (χ4v) is 2.38. The molecule has 100 valence electrons. The van der Waals surface area contributed by atoms with Gasteiger partial charge in [0.15, 0.2) is 5.96 Å². The monoisotopic (exact) mass is 239 g/mol. The number of hydrogen-bond acceptors (Lipinski definition) is 1. The highest BCUT2D eigenvalue weighted by molar-refractivity contribution is 5.77. The van der Waals surface area contributed by atoms with Crippen LogP contribution < -0.4 is 11.1 Å². The molecule has 0 aromatic heterocycles. The molecule has 0 heterocycles. The average Bonchev–Trinajstić information content (AvgIpc) is 2.49. The van der Waals surface area contributed by atoms with Crippen molar-refractivity contribution in [2.75, 3.05) is 13.1 Å². The van der Waals surface area contributed by atoms with Gasteiger partial charge < -0.3 is 11.1 Å². The fourth-order valence-electron chi connectivity index (χ4n) is 2.38. The van der Waals surface area contributed by atoms with Crippen LogP contribution in [-0.4, -0.2) is 19.0 Å². The molecule has 0 radical (unpaired) electrons. The first kappa shape index (κ1) is 14.3. The summed E-state index contributed by atoms with van der Waals surface area (Å²) < 4.78 is 0. The minimum Gasteiger partial charge on any atom is -0.370 e. The molecule has 0 amide bonds. The van der Waals surface area contributed by atoms with Gasteiger partial charge in [0.2, 0.25) is 0 Å². The van der Waals surface area contributed by atoms with Crippen molar-refractivity contribution in [3.05, 3.63) is 0 Å². The molecular formula is C14H29N3. The largest absolute Gasteiger partial charge is 0.370 e. The number of nitrogens with two attached hydrogens (primary N) is 1. The summed E-state index contributed by atoms with van der Waals surface area (Å²) in [5.74, 6) is 1.22. The van der Waals surface area contributed by atoms with Crippen LogP contribution in [0.2, 0.25) is 0 Å². The summed E-state index contributed by atoms with van der Waals surface area (Å²) in [5.41, 5.74) is 6.25. The third kappa shape index (κ3) is 5.94. The lowest BCUT2D eigenvalue weighted by atomic mass is 9.83. The van der Waals surface area contributed by atoms with E-state index in [1.807, 2.05) is 0 Å². The van der Waals surface area contributed by atoms with Gasteiger partial charge in [-0.15, -0.1) is 0 Å². The maximum absolute atomic E-state index is 5.88. The first-order chi connectivity index (χ1) is 8.02. The summed E-state index contributed by atoms with van der Waals surface area (Å²) in [6.45, 7) is 8.49. The quantitative estimate of drug-likeness (QED) is 0.450. The maximum atomic E-state index is 5.88. The molecule has 0 bridgehead atoms. The second-order valence-electron chi connectivity index (χ2n) is 6.20. The fraction of sp³-hybridized carbons (Fsp3) is 0.929. The Hall–Kier alpha value is -0.730. The molecule has 1 aliphatic carbocycles. The zero-order valence-corrected chi connectivity index (χ0v) is 11.8. The van der Waals surface area contributed by atoms with E-state index in [2.05, 4.69) is 31.1 Å². The standard InChI is InChI=1S/C14H29N3/c1-12(2)10-16-13(15)17-11-14(3)8-6-4-5-7-9-14/h12H,4-11H2,1-3H3,(H3,15,16,17). The summed E-state index contributed by atoms with van der Waals surface area (Å²) in [7, 11) is 0. The van der Waals surface area contributed by atoms with Crippen LogP contribution >= 0.6 is 0 Å². The van der Waals surface area contributed by atoms with Crippen molar-refractivity contribution in [1.82, 2.24) is 5.32 Å². The molecular weight excluding hydrogens is 210 g/mol. The lowest BCUT2D eigenvalue weighted by Crippen LogP contribution is -2.35. The molecule has 0 aromatic rings. The van der Waals surface area contributed by atoms with Gasteiger partial charge in [0.05, 0.1) is 0 Å². The Morgan fingerprint density at radius 3 is 2.35 bits per heavy atom. The number of aliphatic imine (C=N–C) groups is 1. The third-order valence-corrected chi connectivity index (χ3v) is 3.63. The minimum absolute atomic E-state index is 0.376. The van der Waals surface area contributed by atoms with Crippen LogP contribution in [-0.2, 0) is 0 Å². The van der Waals surface area contributed by atoms with Gasteiger partial charge in [-0.2, -0.15) is 0 Å². The molecule has 0 unspecified atom stereocenters. The first-order valence-electron chi connectivity index (χ1n) is 7.06. The molecule has 0 spiro atoms. The summed E-state index contributed by atoms with van der Waals surface area (Å²) >= 11 is 0. The van der Waals surface area contributed by atoms with Crippen LogP contribution in [0.3, 0.4) is 0 Å². The molecule has 1 aliphatic rings. The van der Waals surface area contributed by atoms with Crippen LogP contribution in [0.1, 0.15) is 59.3 Å². The van der Waals surface area contributed by atoms with E-state index < -0.39 is 0 Å². The van der Waals surface area contributed by atoms with Crippen LogP contribution in [0.25, 0.3) is 0 Å². The zero-order valence-electron chi connectivity index (χ0n) is 11.8. The van der Waals surface area contributed by atoms with Crippen molar-refractivity contribution in [2.45, 2.75) is 59.3 Å². The lowest BCUT2D eigenvalue weighted by molar-refractivity contribution is 0.290. The highest BCUT2D eigenvalue weighted by atomic mass is 15.1. The Balaban J connectivity index is 2.38. The summed E-state index contributed by atoms with van der Waals surface area (Å²) in [5, 5.41) is 3.18. The van der Waals surface area contributed by atoms with E-state index in [4.69, 9.17) is 5.73 Å². The Kier molecular flexibility index (Phi) is 5.79. The van der Waals surface area contributed by atoms with Crippen LogP contribution in [0, 0.1) is 11.3 Å². The minimum atomic E-state index is 0.376. The van der Waals surface area contributed by atoms with Gasteiger partial charge in [-0.3, -0.25) is 4.99 Å². The highest BCUT2D eigenvalue weighted by Crippen LogP contribution is 2.34. The smallest absolute Gasteiger partial charge is 0.188 e. The van der Waals surface area contributed by atoms with E-state index >= 15 is 0 Å². The van der Waals surface area contributed by atoms with Gasteiger partial charge in [-0.05, 0) is 24.2 Å². The Labute approximate surface area is 106 Å². The maximum Gasteiger partial charge on any atom is 0.188 e. The number of nitrogens with one attached hydrogen (secondary N) is 1. The molecule has 3 heteroatoms. The second kappa shape index (κ2) is 6.87. The van der Waals surface area contributed by atoms with Gasteiger partial charge in [0.25, 0.3) is 0 Å². The zero-order chi connectivity index (χ0) is 12.7. The molecule has 3 nitrogen and oxygen atoms in total. The van der Waals surface area contributed by atoms with E-state index in [0.717, 1.165) is 13.1 Å². The number of nitrogens with zero attached hydrogens (tertiary/aromatic N) is 1. The average molecular weight is 239 g/mol. The van der Waals surface area contributed by atoms with E-state index in [0.29, 0.717) is 17.3 Å². The van der Waals surface area contributed by atoms with Crippen LogP contribution in [0.5, 0.6) is 0 Å². The number of rotatable bonds is 4. The molecule has 0 atom stereocenters. The molecule has 3 N–H and O–H groups in total. The van der Waals surface area contributed by atoms with Crippen molar-refractivity contribution < 1.29 is 0 Å². The predicted octanol–water partition coefficient (Wildman–Crippen LogP) is 2.91. The van der Waals surface area contributed by atoms with Crippen LogP contribution in [0.4, 0.5) is 0 Å². The predicted molar refractivity (Wildman–Crippen MR) is 75.1 cm³/mol. The van der Waals surface area contributed by atoms with E-state index in [9.17, 15) is 0 Å². The molecule has 1 fully saturated rings. The SMILES string of the molecule is CC(C)CNC(N)=NCC1(C)CCCCCC1. The molecule has 0 saturated heterocycles. The van der Waals surface area contributed by atoms with E-state index in [-0.39, 0.29) is 0 Å². The van der Waals surface area contributed by atoms with Crippen molar-refractivity contribution in [2.24, 2.45) is 22.1 Å². The lowest BCUT2D eigenvalue weighted by Gasteiger charge is -2.26. The van der Waals surface area contributed by atoms with Crippen molar-refractivity contribution in [1.29, 1.82) is 0 Å². The number of guanidine groups is 1. The Morgan fingerprint density at radius 1 is 1.24 bits per heavy atom. The Bertz CT molecular complexity index is 238. The van der Waals surface area contributed by atoms with Crippen molar-refractivity contribution in [3.63, 3.8) is 0 Å². The normalized spacial score (nSPS) is 21.3. The summed E-state index contributed by atoms with van der Waals surface area (Å²) in [6.07, 6.45) is 8.08. The molecule has 17 heavy (non-hydrogen) atoms. The topological polar surface area (TPSA) is 50.4 Å². The van der Waals surface area contributed by atoms with Gasteiger partial charge >= 0.3 is 0 Å². The second-order valence-corrected chi connectivity index (χ2v) is 6.20. The van der Waals surface area contributed by atoms with Crippen molar-refractivity contribution in [3.8, 4) is 0 Å². The van der Waals surface area contributed by atoms with Crippen LogP contribution in [0.15, 0.2) is 4.99 Å². The molecule has 1 rings (SSSR count). The highest BCUT2D eigenvalue weighted by Gasteiger charge is 2.25. The van der Waals surface area contributed by atoms with Crippen molar-refractivity contribution >= 4 is 5.96 Å². The van der Waals surface area contributed by atoms with E-state index in [1.54, 1.807) is 0 Å². The third-order valence-electron chi connectivity index (χ3n) is 3.63. The molecule has 1 saturated carbocycles. The molecule has 0 aromatic carbocycles. The Morgan fingerprint density at radius 2 is 1.82 bits per heavy atom. The summed E-state index contributed by atoms with van der Waals surface area (Å²) in [4.78, 5) is 4.52. The first-order valence-corrected chi connectivity index (χ1v) is 7.06. The van der Waals surface area contributed by atoms with Gasteiger partial charge in [0.1, 0.15) is 0 Å². The molecule has 0 aliphatic heterocycles.